The maximum absolute atomic E-state index is 12.6. The molecule has 28 heavy (non-hydrogen) atoms. The van der Waals surface area contributed by atoms with Crippen molar-refractivity contribution in [1.29, 1.82) is 0 Å². The van der Waals surface area contributed by atoms with Gasteiger partial charge in [0, 0.05) is 17.2 Å². The first-order valence-corrected chi connectivity index (χ1v) is 8.58. The first kappa shape index (κ1) is 19.5. The molecule has 0 radical (unpaired) electrons. The van der Waals surface area contributed by atoms with E-state index in [4.69, 9.17) is 18.6 Å². The first-order valence-electron chi connectivity index (χ1n) is 8.58. The van der Waals surface area contributed by atoms with Gasteiger partial charge in [0.1, 0.15) is 17.1 Å². The first-order chi connectivity index (χ1) is 13.3. The number of hydrogen-bond acceptors (Lipinski definition) is 8. The molecule has 1 aliphatic heterocycles. The highest BCUT2D eigenvalue weighted by molar-refractivity contribution is 5.94. The van der Waals surface area contributed by atoms with Crippen LogP contribution < -0.4 is 15.1 Å². The van der Waals surface area contributed by atoms with Crippen LogP contribution in [-0.4, -0.2) is 29.7 Å². The second kappa shape index (κ2) is 7.40. The topological polar surface area (TPSA) is 115 Å². The zero-order chi connectivity index (χ0) is 20.6. The van der Waals surface area contributed by atoms with Crippen LogP contribution in [-0.2, 0) is 4.74 Å². The number of allylic oxidation sites excluding steroid dienone is 1. The van der Waals surface area contributed by atoms with Gasteiger partial charge in [-0.2, -0.15) is 0 Å². The Hall–Kier alpha value is -3.26. The van der Waals surface area contributed by atoms with Crippen molar-refractivity contribution in [1.82, 2.24) is 0 Å². The van der Waals surface area contributed by atoms with E-state index in [-0.39, 0.29) is 45.6 Å². The van der Waals surface area contributed by atoms with Crippen LogP contribution >= 0.6 is 0 Å². The molecule has 0 bridgehead atoms. The van der Waals surface area contributed by atoms with Crippen molar-refractivity contribution in [3.8, 4) is 34.1 Å². The summed E-state index contributed by atoms with van der Waals surface area (Å²) in [4.78, 5) is 24.4. The van der Waals surface area contributed by atoms with E-state index in [1.807, 2.05) is 0 Å². The molecule has 1 aliphatic rings. The molecule has 148 valence electrons. The van der Waals surface area contributed by atoms with Crippen molar-refractivity contribution < 1.29 is 33.6 Å². The van der Waals surface area contributed by atoms with Gasteiger partial charge in [-0.05, 0) is 26.8 Å². The van der Waals surface area contributed by atoms with Crippen molar-refractivity contribution >= 4 is 12.4 Å². The summed E-state index contributed by atoms with van der Waals surface area (Å²) < 4.78 is 21.9. The lowest BCUT2D eigenvalue weighted by Gasteiger charge is -2.31. The van der Waals surface area contributed by atoms with Crippen LogP contribution in [0.4, 0.5) is 0 Å². The van der Waals surface area contributed by atoms with Crippen LogP contribution in [0.2, 0.25) is 0 Å². The zero-order valence-corrected chi connectivity index (χ0v) is 15.8. The third kappa shape index (κ3) is 3.01. The van der Waals surface area contributed by atoms with Gasteiger partial charge in [0.05, 0.1) is 18.8 Å². The average Bonchev–Trinajstić information content (AvgIpc) is 2.63. The molecule has 8 heteroatoms. The predicted molar refractivity (Wildman–Crippen MR) is 100.0 cm³/mol. The van der Waals surface area contributed by atoms with E-state index in [9.17, 15) is 19.8 Å². The minimum atomic E-state index is -1.12. The minimum absolute atomic E-state index is 0.0782. The molecule has 2 N–H and O–H groups in total. The average molecular weight is 388 g/mol. The van der Waals surface area contributed by atoms with Crippen molar-refractivity contribution in [2.45, 2.75) is 33.2 Å². The summed E-state index contributed by atoms with van der Waals surface area (Å²) in [5.74, 6) is -1.21. The standard InChI is InChI=1S/C20H20O8/c1-5-6-10-7-12-14(19(24)27-10)15-13(20(28-12)26-9(2)3)11(8-21)18(25-4)17(23)16(15)22/h5-9,20,22-23H,1-4H3/b6-5+/t20-/m1/s1. The fourth-order valence-corrected chi connectivity index (χ4v) is 3.13. The molecular formula is C20H20O8. The quantitative estimate of drug-likeness (QED) is 0.592. The fraction of sp³-hybridized carbons (Fsp3) is 0.300. The number of phenols is 2. The Kier molecular flexibility index (Phi) is 5.15. The molecule has 0 aliphatic carbocycles. The monoisotopic (exact) mass is 388 g/mol. The van der Waals surface area contributed by atoms with Gasteiger partial charge in [0.25, 0.3) is 0 Å². The molecular weight excluding hydrogens is 368 g/mol. The highest BCUT2D eigenvalue weighted by atomic mass is 16.7. The fourth-order valence-electron chi connectivity index (χ4n) is 3.13. The van der Waals surface area contributed by atoms with Crippen LogP contribution in [0.15, 0.2) is 21.4 Å². The van der Waals surface area contributed by atoms with Crippen LogP contribution in [0.5, 0.6) is 23.0 Å². The summed E-state index contributed by atoms with van der Waals surface area (Å²) in [6.07, 6.45) is 2.26. The van der Waals surface area contributed by atoms with Gasteiger partial charge in [-0.3, -0.25) is 4.79 Å². The molecule has 1 aromatic carbocycles. The smallest absolute Gasteiger partial charge is 0.348 e. The second-order valence-electron chi connectivity index (χ2n) is 6.36. The number of aromatic hydroxyl groups is 2. The second-order valence-corrected chi connectivity index (χ2v) is 6.36. The van der Waals surface area contributed by atoms with Crippen LogP contribution in [0.25, 0.3) is 17.2 Å². The van der Waals surface area contributed by atoms with Crippen molar-refractivity contribution in [3.63, 3.8) is 0 Å². The van der Waals surface area contributed by atoms with E-state index in [1.165, 1.54) is 13.2 Å². The predicted octanol–water partition coefficient (Wildman–Crippen LogP) is 3.39. The van der Waals surface area contributed by atoms with Crippen LogP contribution in [0.1, 0.15) is 48.7 Å². The molecule has 1 atom stereocenters. The third-order valence-corrected chi connectivity index (χ3v) is 4.18. The van der Waals surface area contributed by atoms with Crippen molar-refractivity contribution in [3.05, 3.63) is 39.4 Å². The number of benzene rings is 1. The lowest BCUT2D eigenvalue weighted by atomic mass is 9.91. The Morgan fingerprint density at radius 2 is 1.93 bits per heavy atom. The molecule has 0 spiro atoms. The summed E-state index contributed by atoms with van der Waals surface area (Å²) >= 11 is 0. The largest absolute Gasteiger partial charge is 0.504 e. The van der Waals surface area contributed by atoms with Crippen LogP contribution in [0, 0.1) is 0 Å². The minimum Gasteiger partial charge on any atom is -0.504 e. The Bertz CT molecular complexity index is 1020. The number of phenolic OH excluding ortho intramolecular Hbond substituents is 2. The highest BCUT2D eigenvalue weighted by Crippen LogP contribution is 2.54. The van der Waals surface area contributed by atoms with E-state index in [2.05, 4.69) is 0 Å². The number of hydrogen-bond donors (Lipinski definition) is 2. The maximum atomic E-state index is 12.6. The molecule has 1 aromatic heterocycles. The number of methoxy groups -OCH3 is 1. The van der Waals surface area contributed by atoms with Crippen molar-refractivity contribution in [2.75, 3.05) is 7.11 Å². The number of fused-ring (bicyclic) bond motifs is 3. The normalized spacial score (nSPS) is 15.2. The third-order valence-electron chi connectivity index (χ3n) is 4.18. The number of carbonyl (C=O) groups excluding carboxylic acids is 1. The van der Waals surface area contributed by atoms with E-state index in [1.54, 1.807) is 32.9 Å². The summed E-state index contributed by atoms with van der Waals surface area (Å²) in [6.45, 7) is 5.29. The van der Waals surface area contributed by atoms with Gasteiger partial charge < -0.3 is 28.8 Å². The lowest BCUT2D eigenvalue weighted by Crippen LogP contribution is -2.25. The Morgan fingerprint density at radius 1 is 1.21 bits per heavy atom. The number of rotatable bonds is 5. The molecule has 8 nitrogen and oxygen atoms in total. The van der Waals surface area contributed by atoms with E-state index >= 15 is 0 Å². The highest BCUT2D eigenvalue weighted by Gasteiger charge is 2.38. The summed E-state index contributed by atoms with van der Waals surface area (Å²) in [5.41, 5.74) is -1.03. The van der Waals surface area contributed by atoms with Gasteiger partial charge in [-0.25, -0.2) is 4.79 Å². The molecule has 0 saturated heterocycles. The van der Waals surface area contributed by atoms with Gasteiger partial charge in [-0.15, -0.1) is 0 Å². The molecule has 0 unspecified atom stereocenters. The Labute approximate surface area is 160 Å². The van der Waals surface area contributed by atoms with Gasteiger partial charge in [0.15, 0.2) is 17.8 Å². The Morgan fingerprint density at radius 3 is 2.50 bits per heavy atom. The van der Waals surface area contributed by atoms with E-state index in [0.717, 1.165) is 0 Å². The van der Waals surface area contributed by atoms with E-state index in [0.29, 0.717) is 6.29 Å². The maximum Gasteiger partial charge on any atom is 0.348 e. The lowest BCUT2D eigenvalue weighted by molar-refractivity contribution is -0.113. The summed E-state index contributed by atoms with van der Waals surface area (Å²) in [7, 11) is 1.24. The Balaban J connectivity index is 2.44. The molecule has 3 rings (SSSR count). The molecule has 2 heterocycles. The summed E-state index contributed by atoms with van der Waals surface area (Å²) in [6, 6.07) is 1.47. The zero-order valence-electron chi connectivity index (χ0n) is 15.8. The van der Waals surface area contributed by atoms with Crippen LogP contribution in [0.3, 0.4) is 0 Å². The van der Waals surface area contributed by atoms with Gasteiger partial charge in [-0.1, -0.05) is 6.08 Å². The molecule has 2 aromatic rings. The number of ether oxygens (including phenoxy) is 3. The number of carbonyl (C=O) groups is 1. The molecule has 0 fully saturated rings. The molecule has 0 saturated carbocycles. The van der Waals surface area contributed by atoms with Crippen molar-refractivity contribution in [2.24, 2.45) is 0 Å². The number of aldehydes is 1. The SMILES string of the molecule is C/C=C/c1cc2c(c(=O)o1)-c1c(O)c(O)c(OC)c(C=O)c1[C@H](OC(C)C)O2. The summed E-state index contributed by atoms with van der Waals surface area (Å²) in [5, 5.41) is 20.9. The van der Waals surface area contributed by atoms with Gasteiger partial charge in [0.2, 0.25) is 12.0 Å². The van der Waals surface area contributed by atoms with Gasteiger partial charge >= 0.3 is 5.63 Å². The van der Waals surface area contributed by atoms with E-state index < -0.39 is 23.4 Å². The molecule has 0 amide bonds.